The molecule has 0 aliphatic heterocycles. The molecule has 0 atom stereocenters. The van der Waals surface area contributed by atoms with E-state index < -0.39 is 0 Å². The highest BCUT2D eigenvalue weighted by Gasteiger charge is 1.97. The third-order valence-corrected chi connectivity index (χ3v) is 2.95. The molecule has 1 N–H and O–H groups in total. The topological polar surface area (TPSA) is 24.9 Å². The summed E-state index contributed by atoms with van der Waals surface area (Å²) in [5.41, 5.74) is 5.63. The van der Waals surface area contributed by atoms with Gasteiger partial charge in [-0.2, -0.15) is 0 Å². The predicted octanol–water partition coefficient (Wildman–Crippen LogP) is 3.37. The lowest BCUT2D eigenvalue weighted by Gasteiger charge is -2.06. The summed E-state index contributed by atoms with van der Waals surface area (Å²) >= 11 is 1.68. The van der Waals surface area contributed by atoms with Gasteiger partial charge in [-0.25, -0.2) is 0 Å². The number of anilines is 1. The van der Waals surface area contributed by atoms with Gasteiger partial charge in [0.25, 0.3) is 0 Å². The van der Waals surface area contributed by atoms with E-state index in [9.17, 15) is 0 Å². The van der Waals surface area contributed by atoms with Gasteiger partial charge in [-0.05, 0) is 37.1 Å². The first-order valence-corrected chi connectivity index (χ1v) is 5.81. The minimum absolute atomic E-state index is 0.855. The lowest BCUT2D eigenvalue weighted by Crippen LogP contribution is -1.98. The Kier molecular flexibility index (Phi) is 3.02. The van der Waals surface area contributed by atoms with Crippen LogP contribution < -0.4 is 5.32 Å². The molecule has 0 radical (unpaired) electrons. The van der Waals surface area contributed by atoms with Crippen molar-refractivity contribution < 1.29 is 0 Å². The van der Waals surface area contributed by atoms with Crippen molar-refractivity contribution in [3.8, 4) is 0 Å². The summed E-state index contributed by atoms with van der Waals surface area (Å²) in [6.45, 7) is 5.09. The number of benzene rings is 1. The van der Waals surface area contributed by atoms with Gasteiger partial charge >= 0.3 is 0 Å². The van der Waals surface area contributed by atoms with Gasteiger partial charge in [0, 0.05) is 16.8 Å². The zero-order valence-corrected chi connectivity index (χ0v) is 9.77. The fourth-order valence-corrected chi connectivity index (χ4v) is 2.13. The minimum Gasteiger partial charge on any atom is -0.380 e. The van der Waals surface area contributed by atoms with Crippen LogP contribution in [0.15, 0.2) is 29.9 Å². The van der Waals surface area contributed by atoms with Crippen LogP contribution in [0.2, 0.25) is 0 Å². The van der Waals surface area contributed by atoms with Gasteiger partial charge in [0.1, 0.15) is 0 Å². The Morgan fingerprint density at radius 1 is 1.20 bits per heavy atom. The summed E-state index contributed by atoms with van der Waals surface area (Å²) in [7, 11) is 0. The molecule has 78 valence electrons. The first-order chi connectivity index (χ1) is 7.24. The quantitative estimate of drug-likeness (QED) is 0.854. The van der Waals surface area contributed by atoms with Crippen LogP contribution in [0.4, 0.5) is 5.69 Å². The van der Waals surface area contributed by atoms with Crippen LogP contribution in [0, 0.1) is 13.8 Å². The lowest BCUT2D eigenvalue weighted by atomic mass is 10.1. The normalized spacial score (nSPS) is 10.3. The predicted molar refractivity (Wildman–Crippen MR) is 65.4 cm³/mol. The summed E-state index contributed by atoms with van der Waals surface area (Å²) in [5.74, 6) is 0. The molecule has 3 heteroatoms. The Morgan fingerprint density at radius 2 is 1.93 bits per heavy atom. The first kappa shape index (κ1) is 10.2. The van der Waals surface area contributed by atoms with E-state index >= 15 is 0 Å². The summed E-state index contributed by atoms with van der Waals surface area (Å²) in [6.07, 6.45) is 1.90. The maximum absolute atomic E-state index is 4.05. The molecule has 1 heterocycles. The number of nitrogens with one attached hydrogen (secondary N) is 1. The second-order valence-electron chi connectivity index (χ2n) is 3.70. The first-order valence-electron chi connectivity index (χ1n) is 4.93. The number of hydrogen-bond acceptors (Lipinski definition) is 3. The molecule has 0 unspecified atom stereocenters. The van der Waals surface area contributed by atoms with Crippen LogP contribution in [0.25, 0.3) is 0 Å². The summed E-state index contributed by atoms with van der Waals surface area (Å²) in [6, 6.07) is 6.50. The number of aryl methyl sites for hydroxylation is 2. The third-order valence-electron chi connectivity index (χ3n) is 2.17. The van der Waals surface area contributed by atoms with E-state index in [1.54, 1.807) is 11.3 Å². The zero-order chi connectivity index (χ0) is 10.7. The van der Waals surface area contributed by atoms with E-state index in [0.29, 0.717) is 0 Å². The van der Waals surface area contributed by atoms with Crippen LogP contribution in [-0.4, -0.2) is 4.98 Å². The monoisotopic (exact) mass is 218 g/mol. The molecule has 2 rings (SSSR count). The second kappa shape index (κ2) is 4.45. The Hall–Kier alpha value is -1.35. The van der Waals surface area contributed by atoms with Gasteiger partial charge in [0.2, 0.25) is 0 Å². The van der Waals surface area contributed by atoms with Crippen LogP contribution in [0.3, 0.4) is 0 Å². The number of thiazole rings is 1. The van der Waals surface area contributed by atoms with Crippen molar-refractivity contribution in [2.45, 2.75) is 20.4 Å². The molecule has 0 amide bonds. The fourth-order valence-electron chi connectivity index (χ4n) is 1.60. The number of hydrogen-bond donors (Lipinski definition) is 1. The minimum atomic E-state index is 0.855. The van der Waals surface area contributed by atoms with Crippen LogP contribution >= 0.6 is 11.3 Å². The van der Waals surface area contributed by atoms with Crippen molar-refractivity contribution in [1.29, 1.82) is 0 Å². The SMILES string of the molecule is Cc1cc(C)cc(NCc2cncs2)c1. The molecule has 2 nitrogen and oxygen atoms in total. The van der Waals surface area contributed by atoms with Crippen molar-refractivity contribution in [2.24, 2.45) is 0 Å². The summed E-state index contributed by atoms with van der Waals surface area (Å²) < 4.78 is 0. The van der Waals surface area contributed by atoms with Gasteiger partial charge in [-0.1, -0.05) is 6.07 Å². The Morgan fingerprint density at radius 3 is 2.53 bits per heavy atom. The van der Waals surface area contributed by atoms with Crippen LogP contribution in [0.5, 0.6) is 0 Å². The van der Waals surface area contributed by atoms with E-state index in [-0.39, 0.29) is 0 Å². The molecule has 0 aliphatic carbocycles. The smallest absolute Gasteiger partial charge is 0.0794 e. The highest BCUT2D eigenvalue weighted by Crippen LogP contribution is 2.15. The van der Waals surface area contributed by atoms with Crippen LogP contribution in [0.1, 0.15) is 16.0 Å². The highest BCUT2D eigenvalue weighted by atomic mass is 32.1. The molecular formula is C12H14N2S. The van der Waals surface area contributed by atoms with Crippen LogP contribution in [-0.2, 0) is 6.54 Å². The van der Waals surface area contributed by atoms with Gasteiger partial charge in [0.05, 0.1) is 12.1 Å². The average Bonchev–Trinajstić information content (AvgIpc) is 2.65. The molecule has 1 aromatic heterocycles. The Labute approximate surface area is 94.0 Å². The van der Waals surface area contributed by atoms with E-state index in [1.807, 2.05) is 11.7 Å². The van der Waals surface area contributed by atoms with Gasteiger partial charge in [-0.3, -0.25) is 4.98 Å². The van der Waals surface area contributed by atoms with E-state index in [4.69, 9.17) is 0 Å². The molecule has 0 saturated heterocycles. The van der Waals surface area contributed by atoms with Crippen molar-refractivity contribution in [2.75, 3.05) is 5.32 Å². The molecular weight excluding hydrogens is 204 g/mol. The van der Waals surface area contributed by atoms with Crippen molar-refractivity contribution in [3.05, 3.63) is 45.9 Å². The molecule has 0 aliphatic rings. The molecule has 0 fully saturated rings. The summed E-state index contributed by atoms with van der Waals surface area (Å²) in [5, 5.41) is 3.40. The van der Waals surface area contributed by atoms with Gasteiger partial charge < -0.3 is 5.32 Å². The molecule has 2 aromatic rings. The van der Waals surface area contributed by atoms with Crippen molar-refractivity contribution in [1.82, 2.24) is 4.98 Å². The second-order valence-corrected chi connectivity index (χ2v) is 4.67. The Balaban J connectivity index is 2.05. The maximum Gasteiger partial charge on any atom is 0.0794 e. The highest BCUT2D eigenvalue weighted by molar-refractivity contribution is 7.09. The standard InChI is InChI=1S/C12H14N2S/c1-9-3-10(2)5-11(4-9)14-7-12-6-13-8-15-12/h3-6,8,14H,7H2,1-2H3. The van der Waals surface area contributed by atoms with Crippen molar-refractivity contribution in [3.63, 3.8) is 0 Å². The zero-order valence-electron chi connectivity index (χ0n) is 8.95. The lowest BCUT2D eigenvalue weighted by molar-refractivity contribution is 1.17. The number of rotatable bonds is 3. The molecule has 15 heavy (non-hydrogen) atoms. The maximum atomic E-state index is 4.05. The van der Waals surface area contributed by atoms with Crippen molar-refractivity contribution >= 4 is 17.0 Å². The van der Waals surface area contributed by atoms with Gasteiger partial charge in [-0.15, -0.1) is 11.3 Å². The molecule has 0 saturated carbocycles. The molecule has 0 spiro atoms. The number of aromatic nitrogens is 1. The largest absolute Gasteiger partial charge is 0.380 e. The van der Waals surface area contributed by atoms with E-state index in [1.165, 1.54) is 21.7 Å². The van der Waals surface area contributed by atoms with Gasteiger partial charge in [0.15, 0.2) is 0 Å². The summed E-state index contributed by atoms with van der Waals surface area (Å²) in [4.78, 5) is 5.31. The Bertz CT molecular complexity index is 415. The fraction of sp³-hybridized carbons (Fsp3) is 0.250. The third kappa shape index (κ3) is 2.80. The van der Waals surface area contributed by atoms with E-state index in [0.717, 1.165) is 6.54 Å². The average molecular weight is 218 g/mol. The van der Waals surface area contributed by atoms with E-state index in [2.05, 4.69) is 42.3 Å². The molecule has 0 bridgehead atoms. The number of nitrogens with zero attached hydrogens (tertiary/aromatic N) is 1. The molecule has 1 aromatic carbocycles.